The lowest BCUT2D eigenvalue weighted by atomic mass is 9.64. The number of aliphatic carboxylic acids is 1. The average Bonchev–Trinajstić information content (AvgIpc) is 3.03. The summed E-state index contributed by atoms with van der Waals surface area (Å²) in [6, 6.07) is 1.19. The molecule has 3 N–H and O–H groups in total. The number of H-pyrrole nitrogens is 1. The Morgan fingerprint density at radius 2 is 2.21 bits per heavy atom. The summed E-state index contributed by atoms with van der Waals surface area (Å²) in [4.78, 5) is 26.9. The summed E-state index contributed by atoms with van der Waals surface area (Å²) in [5.74, 6) is -1.45. The van der Waals surface area contributed by atoms with Crippen molar-refractivity contribution in [3.05, 3.63) is 35.6 Å². The Bertz CT molecular complexity index is 1050. The van der Waals surface area contributed by atoms with Crippen molar-refractivity contribution in [2.75, 3.05) is 5.32 Å². The number of hydrogen-bond acceptors (Lipinski definition) is 5. The SMILES string of the molecule is CC1([C@@H](CC(=O)O)Nc2cc(-c3c[nH]c4ncc(Cl)nc34)ncc2F)CCC1. The van der Waals surface area contributed by atoms with Gasteiger partial charge in [0.05, 0.1) is 30.2 Å². The molecule has 0 unspecified atom stereocenters. The molecule has 9 heteroatoms. The van der Waals surface area contributed by atoms with Crippen molar-refractivity contribution in [2.45, 2.75) is 38.6 Å². The van der Waals surface area contributed by atoms with E-state index in [1.807, 2.05) is 6.92 Å². The molecule has 28 heavy (non-hydrogen) atoms. The monoisotopic (exact) mass is 403 g/mol. The number of fused-ring (bicyclic) bond motifs is 1. The number of carboxylic acids is 1. The van der Waals surface area contributed by atoms with E-state index >= 15 is 0 Å². The second-order valence-electron chi connectivity index (χ2n) is 7.44. The molecular weight excluding hydrogens is 385 g/mol. The number of halogens is 2. The van der Waals surface area contributed by atoms with E-state index in [1.54, 1.807) is 12.3 Å². The molecule has 3 aromatic rings. The van der Waals surface area contributed by atoms with E-state index in [2.05, 4.69) is 25.3 Å². The lowest BCUT2D eigenvalue weighted by molar-refractivity contribution is -0.138. The van der Waals surface area contributed by atoms with Crippen LogP contribution in [0.3, 0.4) is 0 Å². The molecule has 1 aliphatic rings. The third-order valence-electron chi connectivity index (χ3n) is 5.53. The van der Waals surface area contributed by atoms with E-state index in [-0.39, 0.29) is 28.7 Å². The van der Waals surface area contributed by atoms with Crippen LogP contribution >= 0.6 is 11.6 Å². The minimum absolute atomic E-state index is 0.0816. The van der Waals surface area contributed by atoms with Gasteiger partial charge >= 0.3 is 5.97 Å². The van der Waals surface area contributed by atoms with Gasteiger partial charge in [-0.05, 0) is 24.3 Å². The van der Waals surface area contributed by atoms with Gasteiger partial charge < -0.3 is 15.4 Å². The molecule has 0 amide bonds. The van der Waals surface area contributed by atoms with Gasteiger partial charge in [-0.2, -0.15) is 0 Å². The largest absolute Gasteiger partial charge is 0.481 e. The molecular formula is C19H19ClFN5O2. The fraction of sp³-hybridized carbons (Fsp3) is 0.368. The van der Waals surface area contributed by atoms with Crippen molar-refractivity contribution in [3.8, 4) is 11.3 Å². The third-order valence-corrected chi connectivity index (χ3v) is 5.71. The highest BCUT2D eigenvalue weighted by atomic mass is 35.5. The number of carboxylic acid groups (broad SMARTS) is 1. The minimum Gasteiger partial charge on any atom is -0.481 e. The molecule has 1 aliphatic carbocycles. The van der Waals surface area contributed by atoms with Gasteiger partial charge in [-0.15, -0.1) is 0 Å². The standard InChI is InChI=1S/C19H19ClFN5O2/c1-19(3-2-4-19)14(6-16(27)28)25-13-5-12(22-8-11(13)21)10-7-23-18-17(10)26-15(20)9-24-18/h5,7-9,14H,2-4,6H2,1H3,(H,22,25)(H,23,24)(H,27,28)/t14-/m1/s1. The van der Waals surface area contributed by atoms with Gasteiger partial charge in [0.1, 0.15) is 10.7 Å². The van der Waals surface area contributed by atoms with Crippen molar-refractivity contribution in [1.82, 2.24) is 19.9 Å². The normalized spacial score (nSPS) is 16.5. The third kappa shape index (κ3) is 3.40. The van der Waals surface area contributed by atoms with E-state index in [9.17, 15) is 14.3 Å². The Labute approximate surface area is 165 Å². The van der Waals surface area contributed by atoms with E-state index in [0.29, 0.717) is 22.4 Å². The summed E-state index contributed by atoms with van der Waals surface area (Å²) in [5.41, 5.74) is 2.25. The zero-order valence-electron chi connectivity index (χ0n) is 15.2. The van der Waals surface area contributed by atoms with Gasteiger partial charge in [-0.25, -0.2) is 14.4 Å². The highest BCUT2D eigenvalue weighted by Gasteiger charge is 2.41. The molecule has 0 spiro atoms. The predicted octanol–water partition coefficient (Wildman–Crippen LogP) is 4.26. The molecule has 0 saturated heterocycles. The van der Waals surface area contributed by atoms with Crippen LogP contribution in [0.4, 0.5) is 10.1 Å². The van der Waals surface area contributed by atoms with Crippen molar-refractivity contribution < 1.29 is 14.3 Å². The smallest absolute Gasteiger partial charge is 0.305 e. The topological polar surface area (TPSA) is 104 Å². The number of nitrogens with one attached hydrogen (secondary N) is 2. The zero-order chi connectivity index (χ0) is 19.9. The first-order chi connectivity index (χ1) is 13.4. The van der Waals surface area contributed by atoms with Gasteiger partial charge in [0.15, 0.2) is 11.5 Å². The molecule has 4 rings (SSSR count). The van der Waals surface area contributed by atoms with Crippen LogP contribution in [0.25, 0.3) is 22.4 Å². The maximum atomic E-state index is 14.5. The van der Waals surface area contributed by atoms with Crippen LogP contribution < -0.4 is 5.32 Å². The molecule has 0 aromatic carbocycles. The lowest BCUT2D eigenvalue weighted by Gasteiger charge is -2.45. The maximum absolute atomic E-state index is 14.5. The summed E-state index contributed by atoms with van der Waals surface area (Å²) < 4.78 is 14.5. The first-order valence-corrected chi connectivity index (χ1v) is 9.37. The Morgan fingerprint density at radius 1 is 1.43 bits per heavy atom. The van der Waals surface area contributed by atoms with Gasteiger partial charge in [-0.3, -0.25) is 9.78 Å². The molecule has 1 saturated carbocycles. The Balaban J connectivity index is 1.70. The van der Waals surface area contributed by atoms with Crippen LogP contribution in [0.15, 0.2) is 24.7 Å². The molecule has 7 nitrogen and oxygen atoms in total. The number of pyridine rings is 1. The van der Waals surface area contributed by atoms with Crippen molar-refractivity contribution in [1.29, 1.82) is 0 Å². The number of carbonyl (C=O) groups is 1. The second-order valence-corrected chi connectivity index (χ2v) is 7.83. The van der Waals surface area contributed by atoms with Gasteiger partial charge in [0.2, 0.25) is 0 Å². The average molecular weight is 404 g/mol. The van der Waals surface area contributed by atoms with Crippen LogP contribution in [-0.4, -0.2) is 37.1 Å². The van der Waals surface area contributed by atoms with Crippen LogP contribution in [0.5, 0.6) is 0 Å². The summed E-state index contributed by atoms with van der Waals surface area (Å²) >= 11 is 5.95. The number of hydrogen-bond donors (Lipinski definition) is 3. The van der Waals surface area contributed by atoms with Crippen LogP contribution in [-0.2, 0) is 4.79 Å². The highest BCUT2D eigenvalue weighted by molar-refractivity contribution is 6.29. The second kappa shape index (κ2) is 7.01. The highest BCUT2D eigenvalue weighted by Crippen LogP contribution is 2.45. The summed E-state index contributed by atoms with van der Waals surface area (Å²) in [7, 11) is 0. The molecule has 3 heterocycles. The molecule has 0 aliphatic heterocycles. The van der Waals surface area contributed by atoms with E-state index < -0.39 is 11.8 Å². The van der Waals surface area contributed by atoms with Crippen molar-refractivity contribution in [2.24, 2.45) is 5.41 Å². The fourth-order valence-electron chi connectivity index (χ4n) is 3.68. The fourth-order valence-corrected chi connectivity index (χ4v) is 3.81. The Kier molecular flexibility index (Phi) is 4.66. The zero-order valence-corrected chi connectivity index (χ0v) is 15.9. The minimum atomic E-state index is -0.915. The molecule has 1 fully saturated rings. The van der Waals surface area contributed by atoms with E-state index in [1.165, 1.54) is 6.20 Å². The summed E-state index contributed by atoms with van der Waals surface area (Å²) in [6.07, 6.45) is 7.03. The maximum Gasteiger partial charge on any atom is 0.305 e. The number of nitrogens with zero attached hydrogens (tertiary/aromatic N) is 3. The van der Waals surface area contributed by atoms with Crippen LogP contribution in [0, 0.1) is 11.2 Å². The van der Waals surface area contributed by atoms with Gasteiger partial charge in [-0.1, -0.05) is 24.9 Å². The number of rotatable bonds is 6. The first-order valence-electron chi connectivity index (χ1n) is 8.99. The first kappa shape index (κ1) is 18.6. The predicted molar refractivity (Wildman–Crippen MR) is 104 cm³/mol. The van der Waals surface area contributed by atoms with Crippen LogP contribution in [0.1, 0.15) is 32.6 Å². The Hall–Kier alpha value is -2.74. The van der Waals surface area contributed by atoms with E-state index in [4.69, 9.17) is 11.6 Å². The summed E-state index contributed by atoms with van der Waals surface area (Å²) in [5, 5.41) is 12.6. The van der Waals surface area contributed by atoms with Crippen LogP contribution in [0.2, 0.25) is 5.15 Å². The number of anilines is 1. The molecule has 0 bridgehead atoms. The number of aromatic amines is 1. The molecule has 0 radical (unpaired) electrons. The van der Waals surface area contributed by atoms with E-state index in [0.717, 1.165) is 25.5 Å². The quantitative estimate of drug-likeness (QED) is 0.568. The summed E-state index contributed by atoms with van der Waals surface area (Å²) in [6.45, 7) is 2.04. The van der Waals surface area contributed by atoms with Gasteiger partial charge in [0, 0.05) is 17.8 Å². The molecule has 3 aromatic heterocycles. The number of aromatic nitrogens is 4. The van der Waals surface area contributed by atoms with Crippen molar-refractivity contribution >= 4 is 34.4 Å². The molecule has 1 atom stereocenters. The van der Waals surface area contributed by atoms with Crippen molar-refractivity contribution in [3.63, 3.8) is 0 Å². The van der Waals surface area contributed by atoms with Gasteiger partial charge in [0.25, 0.3) is 0 Å². The Morgan fingerprint density at radius 3 is 2.89 bits per heavy atom. The lowest BCUT2D eigenvalue weighted by Crippen LogP contribution is -2.44. The molecule has 146 valence electrons.